The smallest absolute Gasteiger partial charge is 0.238 e. The number of amides is 1. The highest BCUT2D eigenvalue weighted by molar-refractivity contribution is 5.93. The van der Waals surface area contributed by atoms with E-state index in [1.165, 1.54) is 0 Å². The second-order valence-electron chi connectivity index (χ2n) is 6.73. The number of aryl methyl sites for hydroxylation is 2. The molecule has 2 saturated heterocycles. The Morgan fingerprint density at radius 1 is 1.43 bits per heavy atom. The summed E-state index contributed by atoms with van der Waals surface area (Å²) in [5.74, 6) is 0.0206. The number of anilines is 1. The van der Waals surface area contributed by atoms with Crippen LogP contribution in [-0.4, -0.2) is 55.9 Å². The molecule has 3 rings (SSSR count). The minimum atomic E-state index is -0.215. The first-order valence-corrected chi connectivity index (χ1v) is 8.29. The van der Waals surface area contributed by atoms with E-state index in [-0.39, 0.29) is 17.6 Å². The third kappa shape index (κ3) is 3.27. The van der Waals surface area contributed by atoms with Gasteiger partial charge in [-0.3, -0.25) is 9.69 Å². The van der Waals surface area contributed by atoms with Crippen LogP contribution in [0.5, 0.6) is 0 Å². The molecule has 5 heteroatoms. The Hall–Kier alpha value is -1.43. The number of benzene rings is 1. The van der Waals surface area contributed by atoms with Crippen LogP contribution in [0.4, 0.5) is 5.69 Å². The van der Waals surface area contributed by atoms with Crippen molar-refractivity contribution in [2.24, 2.45) is 0 Å². The summed E-state index contributed by atoms with van der Waals surface area (Å²) in [5, 5.41) is 3.05. The number of methoxy groups -OCH3 is 1. The fourth-order valence-electron chi connectivity index (χ4n) is 3.85. The second kappa shape index (κ2) is 6.59. The average molecular weight is 318 g/mol. The van der Waals surface area contributed by atoms with Crippen molar-refractivity contribution in [3.63, 3.8) is 0 Å². The van der Waals surface area contributed by atoms with E-state index in [9.17, 15) is 4.79 Å². The first kappa shape index (κ1) is 16.4. The minimum Gasteiger partial charge on any atom is -0.377 e. The standard InChI is InChI=1S/C18H26N2O3/c1-13-6-4-7-14(2)17(13)19-16(21)11-20-10-15(22-3)18(12-20)8-5-9-23-18/h4,6-7,15H,5,8-12H2,1-3H3,(H,19,21)/t15-,18-/m1/s1. The molecule has 2 aliphatic rings. The highest BCUT2D eigenvalue weighted by atomic mass is 16.6. The summed E-state index contributed by atoms with van der Waals surface area (Å²) in [4.78, 5) is 14.6. The molecular formula is C18H26N2O3. The van der Waals surface area contributed by atoms with Crippen LogP contribution in [0, 0.1) is 13.8 Å². The summed E-state index contributed by atoms with van der Waals surface area (Å²) in [6.45, 7) is 6.71. The van der Waals surface area contributed by atoms with Gasteiger partial charge < -0.3 is 14.8 Å². The van der Waals surface area contributed by atoms with Gasteiger partial charge in [0.2, 0.25) is 5.91 Å². The molecule has 0 aromatic heterocycles. The molecule has 1 aromatic rings. The number of carbonyl (C=O) groups excluding carboxylic acids is 1. The molecule has 1 aromatic carbocycles. The highest BCUT2D eigenvalue weighted by Gasteiger charge is 2.50. The third-order valence-corrected chi connectivity index (χ3v) is 5.03. The first-order chi connectivity index (χ1) is 11.0. The Morgan fingerprint density at radius 2 is 2.17 bits per heavy atom. The SMILES string of the molecule is CO[C@@H]1CN(CC(=O)Nc2c(C)cccc2C)C[C@]12CCCO2. The van der Waals surface area contributed by atoms with Crippen molar-refractivity contribution in [1.82, 2.24) is 4.90 Å². The maximum absolute atomic E-state index is 12.4. The lowest BCUT2D eigenvalue weighted by atomic mass is 9.97. The molecule has 1 N–H and O–H groups in total. The summed E-state index contributed by atoms with van der Waals surface area (Å²) in [5.41, 5.74) is 2.88. The highest BCUT2D eigenvalue weighted by Crippen LogP contribution is 2.36. The zero-order valence-electron chi connectivity index (χ0n) is 14.2. The fourth-order valence-corrected chi connectivity index (χ4v) is 3.85. The molecular weight excluding hydrogens is 292 g/mol. The van der Waals surface area contributed by atoms with Gasteiger partial charge in [0, 0.05) is 32.5 Å². The molecule has 0 saturated carbocycles. The van der Waals surface area contributed by atoms with Crippen LogP contribution in [0.15, 0.2) is 18.2 Å². The summed E-state index contributed by atoms with van der Waals surface area (Å²) in [7, 11) is 1.73. The molecule has 2 atom stereocenters. The van der Waals surface area contributed by atoms with Gasteiger partial charge in [-0.05, 0) is 37.8 Å². The topological polar surface area (TPSA) is 50.8 Å². The molecule has 1 spiro atoms. The maximum atomic E-state index is 12.4. The lowest BCUT2D eigenvalue weighted by Gasteiger charge is -2.28. The molecule has 23 heavy (non-hydrogen) atoms. The Balaban J connectivity index is 1.63. The molecule has 126 valence electrons. The zero-order chi connectivity index (χ0) is 16.4. The van der Waals surface area contributed by atoms with Crippen molar-refractivity contribution in [1.29, 1.82) is 0 Å². The Morgan fingerprint density at radius 3 is 2.78 bits per heavy atom. The normalized spacial score (nSPS) is 27.7. The summed E-state index contributed by atoms with van der Waals surface area (Å²) in [6, 6.07) is 6.03. The number of hydrogen-bond donors (Lipinski definition) is 1. The van der Waals surface area contributed by atoms with E-state index >= 15 is 0 Å². The third-order valence-electron chi connectivity index (χ3n) is 5.03. The van der Waals surface area contributed by atoms with Gasteiger partial charge in [0.05, 0.1) is 12.6 Å². The van der Waals surface area contributed by atoms with E-state index in [0.29, 0.717) is 6.54 Å². The summed E-state index contributed by atoms with van der Waals surface area (Å²) in [6.07, 6.45) is 2.14. The molecule has 0 radical (unpaired) electrons. The van der Waals surface area contributed by atoms with Gasteiger partial charge in [0.25, 0.3) is 0 Å². The van der Waals surface area contributed by atoms with Gasteiger partial charge in [-0.2, -0.15) is 0 Å². The van der Waals surface area contributed by atoms with E-state index in [1.54, 1.807) is 7.11 Å². The number of para-hydroxylation sites is 1. The van der Waals surface area contributed by atoms with Crippen molar-refractivity contribution in [3.8, 4) is 0 Å². The minimum absolute atomic E-state index is 0.0206. The van der Waals surface area contributed by atoms with E-state index < -0.39 is 0 Å². The summed E-state index contributed by atoms with van der Waals surface area (Å²) < 4.78 is 11.6. The predicted octanol–water partition coefficient (Wildman–Crippen LogP) is 2.12. The van der Waals surface area contributed by atoms with E-state index in [0.717, 1.165) is 49.4 Å². The molecule has 2 aliphatic heterocycles. The van der Waals surface area contributed by atoms with Crippen LogP contribution in [0.25, 0.3) is 0 Å². The number of hydrogen-bond acceptors (Lipinski definition) is 4. The predicted molar refractivity (Wildman–Crippen MR) is 89.7 cm³/mol. The van der Waals surface area contributed by atoms with Crippen LogP contribution < -0.4 is 5.32 Å². The number of carbonyl (C=O) groups is 1. The fraction of sp³-hybridized carbons (Fsp3) is 0.611. The first-order valence-electron chi connectivity index (χ1n) is 8.29. The largest absolute Gasteiger partial charge is 0.377 e. The van der Waals surface area contributed by atoms with E-state index in [1.807, 2.05) is 32.0 Å². The van der Waals surface area contributed by atoms with Crippen molar-refractivity contribution >= 4 is 11.6 Å². The van der Waals surface area contributed by atoms with Gasteiger partial charge in [0.1, 0.15) is 5.60 Å². The van der Waals surface area contributed by atoms with Gasteiger partial charge >= 0.3 is 0 Å². The molecule has 2 heterocycles. The number of likely N-dealkylation sites (tertiary alicyclic amines) is 1. The zero-order valence-corrected chi connectivity index (χ0v) is 14.2. The lowest BCUT2D eigenvalue weighted by molar-refractivity contribution is -0.117. The monoisotopic (exact) mass is 318 g/mol. The van der Waals surface area contributed by atoms with Crippen molar-refractivity contribution < 1.29 is 14.3 Å². The van der Waals surface area contributed by atoms with Crippen molar-refractivity contribution in [3.05, 3.63) is 29.3 Å². The van der Waals surface area contributed by atoms with E-state index in [2.05, 4.69) is 10.2 Å². The van der Waals surface area contributed by atoms with Gasteiger partial charge in [-0.25, -0.2) is 0 Å². The average Bonchev–Trinajstić information content (AvgIpc) is 3.11. The molecule has 0 unspecified atom stereocenters. The van der Waals surface area contributed by atoms with Crippen LogP contribution in [0.2, 0.25) is 0 Å². The van der Waals surface area contributed by atoms with Crippen molar-refractivity contribution in [2.75, 3.05) is 38.7 Å². The van der Waals surface area contributed by atoms with Crippen LogP contribution in [0.1, 0.15) is 24.0 Å². The number of ether oxygens (including phenoxy) is 2. The number of nitrogens with one attached hydrogen (secondary N) is 1. The maximum Gasteiger partial charge on any atom is 0.238 e. The van der Waals surface area contributed by atoms with Crippen LogP contribution in [0.3, 0.4) is 0 Å². The second-order valence-corrected chi connectivity index (χ2v) is 6.73. The van der Waals surface area contributed by atoms with Crippen molar-refractivity contribution in [2.45, 2.75) is 38.4 Å². The Kier molecular flexibility index (Phi) is 4.71. The molecule has 2 fully saturated rings. The Labute approximate surface area is 137 Å². The van der Waals surface area contributed by atoms with Gasteiger partial charge in [-0.15, -0.1) is 0 Å². The van der Waals surface area contributed by atoms with Crippen LogP contribution in [-0.2, 0) is 14.3 Å². The number of rotatable bonds is 4. The lowest BCUT2D eigenvalue weighted by Crippen LogP contribution is -2.42. The molecule has 0 aliphatic carbocycles. The Bertz CT molecular complexity index is 561. The van der Waals surface area contributed by atoms with E-state index in [4.69, 9.17) is 9.47 Å². The summed E-state index contributed by atoms with van der Waals surface area (Å²) >= 11 is 0. The number of nitrogens with zero attached hydrogens (tertiary/aromatic N) is 1. The molecule has 0 bridgehead atoms. The quantitative estimate of drug-likeness (QED) is 0.924. The van der Waals surface area contributed by atoms with Gasteiger partial charge in [0.15, 0.2) is 0 Å². The molecule has 5 nitrogen and oxygen atoms in total. The van der Waals surface area contributed by atoms with Gasteiger partial charge in [-0.1, -0.05) is 18.2 Å². The van der Waals surface area contributed by atoms with Crippen LogP contribution >= 0.6 is 0 Å². The molecule has 1 amide bonds.